The summed E-state index contributed by atoms with van der Waals surface area (Å²) in [5.41, 5.74) is 1.64. The van der Waals surface area contributed by atoms with Gasteiger partial charge in [-0.3, -0.25) is 14.7 Å². The van der Waals surface area contributed by atoms with E-state index in [2.05, 4.69) is 23.7 Å². The van der Waals surface area contributed by atoms with Gasteiger partial charge < -0.3 is 9.64 Å². The second-order valence-electron chi connectivity index (χ2n) is 6.96. The van der Waals surface area contributed by atoms with Crippen LogP contribution < -0.4 is 0 Å². The molecule has 0 radical (unpaired) electrons. The molecule has 0 aliphatic carbocycles. The highest BCUT2D eigenvalue weighted by molar-refractivity contribution is 5.94. The lowest BCUT2D eigenvalue weighted by Crippen LogP contribution is -2.50. The van der Waals surface area contributed by atoms with E-state index in [4.69, 9.17) is 4.74 Å². The smallest absolute Gasteiger partial charge is 0.255 e. The summed E-state index contributed by atoms with van der Waals surface area (Å²) in [5, 5.41) is 0. The SMILES string of the molecule is Cc1ccc(C(=O)N2CCC[C@@H]2CN2C[C@@H](C)O[C@@H](C)C2)cn1. The number of aromatic nitrogens is 1. The number of hydrogen-bond acceptors (Lipinski definition) is 4. The van der Waals surface area contributed by atoms with Crippen molar-refractivity contribution in [2.75, 3.05) is 26.2 Å². The van der Waals surface area contributed by atoms with Crippen molar-refractivity contribution in [2.45, 2.75) is 51.9 Å². The van der Waals surface area contributed by atoms with Crippen molar-refractivity contribution in [1.29, 1.82) is 0 Å². The number of rotatable bonds is 3. The Labute approximate surface area is 138 Å². The average molecular weight is 317 g/mol. The Balaban J connectivity index is 1.65. The largest absolute Gasteiger partial charge is 0.373 e. The lowest BCUT2D eigenvalue weighted by Gasteiger charge is -2.38. The predicted octanol–water partition coefficient (Wildman–Crippen LogP) is 2.10. The molecule has 3 rings (SSSR count). The van der Waals surface area contributed by atoms with Gasteiger partial charge in [0.1, 0.15) is 0 Å². The van der Waals surface area contributed by atoms with Gasteiger partial charge in [0, 0.05) is 44.1 Å². The maximum absolute atomic E-state index is 12.8. The number of hydrogen-bond donors (Lipinski definition) is 0. The summed E-state index contributed by atoms with van der Waals surface area (Å²) < 4.78 is 5.81. The molecule has 2 aliphatic heterocycles. The van der Waals surface area contributed by atoms with Crippen LogP contribution in [-0.4, -0.2) is 65.1 Å². The molecule has 126 valence electrons. The van der Waals surface area contributed by atoms with Crippen LogP contribution in [0.2, 0.25) is 0 Å². The molecule has 0 N–H and O–H groups in total. The van der Waals surface area contributed by atoms with E-state index >= 15 is 0 Å². The van der Waals surface area contributed by atoms with Crippen molar-refractivity contribution in [2.24, 2.45) is 0 Å². The molecule has 2 aliphatic rings. The summed E-state index contributed by atoms with van der Waals surface area (Å²) in [7, 11) is 0. The summed E-state index contributed by atoms with van der Waals surface area (Å²) in [4.78, 5) is 21.5. The number of carbonyl (C=O) groups is 1. The molecule has 3 heterocycles. The van der Waals surface area contributed by atoms with Crippen molar-refractivity contribution in [1.82, 2.24) is 14.8 Å². The fourth-order valence-electron chi connectivity index (χ4n) is 3.78. The molecule has 0 bridgehead atoms. The summed E-state index contributed by atoms with van der Waals surface area (Å²) in [5.74, 6) is 0.120. The van der Waals surface area contributed by atoms with Crippen LogP contribution in [0.5, 0.6) is 0 Å². The average Bonchev–Trinajstić information content (AvgIpc) is 2.94. The van der Waals surface area contributed by atoms with Gasteiger partial charge in [0.05, 0.1) is 17.8 Å². The van der Waals surface area contributed by atoms with Crippen molar-refractivity contribution >= 4 is 5.91 Å². The topological polar surface area (TPSA) is 45.7 Å². The summed E-state index contributed by atoms with van der Waals surface area (Å²) in [6.45, 7) is 9.89. The molecule has 0 spiro atoms. The first-order valence-corrected chi connectivity index (χ1v) is 8.64. The summed E-state index contributed by atoms with van der Waals surface area (Å²) >= 11 is 0. The van der Waals surface area contributed by atoms with Crippen LogP contribution in [0.3, 0.4) is 0 Å². The fraction of sp³-hybridized carbons (Fsp3) is 0.667. The Morgan fingerprint density at radius 1 is 1.30 bits per heavy atom. The van der Waals surface area contributed by atoms with Crippen LogP contribution in [0.15, 0.2) is 18.3 Å². The normalized spacial score (nSPS) is 29.0. The van der Waals surface area contributed by atoms with Gasteiger partial charge in [0.25, 0.3) is 5.91 Å². The third-order valence-corrected chi connectivity index (χ3v) is 4.76. The molecule has 1 amide bonds. The first kappa shape index (κ1) is 16.4. The quantitative estimate of drug-likeness (QED) is 0.856. The van der Waals surface area contributed by atoms with E-state index in [1.807, 2.05) is 24.0 Å². The van der Waals surface area contributed by atoms with E-state index in [0.717, 1.165) is 44.7 Å². The first-order chi connectivity index (χ1) is 11.0. The standard InChI is InChI=1S/C18H27N3O2/c1-13-6-7-16(9-19-13)18(22)21-8-4-5-17(21)12-20-10-14(2)23-15(3)11-20/h6-7,9,14-15,17H,4-5,8,10-12H2,1-3H3/t14-,15+,17-/m1/s1. The van der Waals surface area contributed by atoms with Crippen molar-refractivity contribution in [3.8, 4) is 0 Å². The molecule has 2 saturated heterocycles. The van der Waals surface area contributed by atoms with Gasteiger partial charge in [-0.1, -0.05) is 0 Å². The Morgan fingerprint density at radius 2 is 2.04 bits per heavy atom. The van der Waals surface area contributed by atoms with Gasteiger partial charge in [0.15, 0.2) is 0 Å². The van der Waals surface area contributed by atoms with Gasteiger partial charge >= 0.3 is 0 Å². The Morgan fingerprint density at radius 3 is 2.70 bits per heavy atom. The molecule has 0 aromatic carbocycles. The molecular weight excluding hydrogens is 290 g/mol. The minimum atomic E-state index is 0.120. The van der Waals surface area contributed by atoms with E-state index in [1.165, 1.54) is 0 Å². The van der Waals surface area contributed by atoms with Crippen molar-refractivity contribution in [3.63, 3.8) is 0 Å². The molecule has 5 heteroatoms. The van der Waals surface area contributed by atoms with Gasteiger partial charge in [0.2, 0.25) is 0 Å². The molecule has 1 aromatic heterocycles. The van der Waals surface area contributed by atoms with Crippen LogP contribution in [0.4, 0.5) is 0 Å². The van der Waals surface area contributed by atoms with Crippen molar-refractivity contribution in [3.05, 3.63) is 29.6 Å². The Hall–Kier alpha value is -1.46. The number of nitrogens with zero attached hydrogens (tertiary/aromatic N) is 3. The van der Waals surface area contributed by atoms with Gasteiger partial charge in [-0.15, -0.1) is 0 Å². The molecule has 0 unspecified atom stereocenters. The molecular formula is C18H27N3O2. The maximum Gasteiger partial charge on any atom is 0.255 e. The van der Waals surface area contributed by atoms with E-state index < -0.39 is 0 Å². The number of amides is 1. The zero-order valence-electron chi connectivity index (χ0n) is 14.4. The molecule has 0 saturated carbocycles. The second kappa shape index (κ2) is 6.97. The number of morpholine rings is 1. The van der Waals surface area contributed by atoms with Crippen LogP contribution in [0.25, 0.3) is 0 Å². The van der Waals surface area contributed by atoms with Gasteiger partial charge in [-0.2, -0.15) is 0 Å². The minimum absolute atomic E-state index is 0.120. The lowest BCUT2D eigenvalue weighted by molar-refractivity contribution is -0.0715. The fourth-order valence-corrected chi connectivity index (χ4v) is 3.78. The number of aryl methyl sites for hydroxylation is 1. The van der Waals surface area contributed by atoms with Crippen LogP contribution >= 0.6 is 0 Å². The number of ether oxygens (including phenoxy) is 1. The molecule has 3 atom stereocenters. The highest BCUT2D eigenvalue weighted by Gasteiger charge is 2.32. The highest BCUT2D eigenvalue weighted by Crippen LogP contribution is 2.22. The summed E-state index contributed by atoms with van der Waals surface area (Å²) in [6, 6.07) is 4.10. The van der Waals surface area contributed by atoms with Crippen LogP contribution in [-0.2, 0) is 4.74 Å². The number of pyridine rings is 1. The lowest BCUT2D eigenvalue weighted by atomic mass is 10.1. The third kappa shape index (κ3) is 3.90. The Kier molecular flexibility index (Phi) is 4.97. The summed E-state index contributed by atoms with van der Waals surface area (Å²) in [6.07, 6.45) is 4.42. The second-order valence-corrected chi connectivity index (χ2v) is 6.96. The van der Waals surface area contributed by atoms with E-state index in [0.29, 0.717) is 11.6 Å². The minimum Gasteiger partial charge on any atom is -0.373 e. The monoisotopic (exact) mass is 317 g/mol. The maximum atomic E-state index is 12.8. The molecule has 2 fully saturated rings. The Bertz CT molecular complexity index is 536. The number of carbonyl (C=O) groups excluding carboxylic acids is 1. The molecule has 23 heavy (non-hydrogen) atoms. The molecule has 1 aromatic rings. The van der Waals surface area contributed by atoms with Gasteiger partial charge in [-0.25, -0.2) is 0 Å². The zero-order chi connectivity index (χ0) is 16.4. The zero-order valence-corrected chi connectivity index (χ0v) is 14.4. The predicted molar refractivity (Wildman–Crippen MR) is 89.5 cm³/mol. The van der Waals surface area contributed by atoms with E-state index in [1.54, 1.807) is 6.20 Å². The van der Waals surface area contributed by atoms with E-state index in [9.17, 15) is 4.79 Å². The highest BCUT2D eigenvalue weighted by atomic mass is 16.5. The van der Waals surface area contributed by atoms with Gasteiger partial charge in [-0.05, 0) is 45.7 Å². The van der Waals surface area contributed by atoms with Crippen molar-refractivity contribution < 1.29 is 9.53 Å². The third-order valence-electron chi connectivity index (χ3n) is 4.76. The van der Waals surface area contributed by atoms with Crippen LogP contribution in [0, 0.1) is 6.92 Å². The molecule has 5 nitrogen and oxygen atoms in total. The first-order valence-electron chi connectivity index (χ1n) is 8.64. The van der Waals surface area contributed by atoms with E-state index in [-0.39, 0.29) is 18.1 Å². The number of likely N-dealkylation sites (tertiary alicyclic amines) is 1. The van der Waals surface area contributed by atoms with Crippen LogP contribution in [0.1, 0.15) is 42.7 Å².